The van der Waals surface area contributed by atoms with Crippen molar-refractivity contribution in [2.75, 3.05) is 58.3 Å². The zero-order valence-electron chi connectivity index (χ0n) is 17.2. The Morgan fingerprint density at radius 1 is 1.10 bits per heavy atom. The Morgan fingerprint density at radius 2 is 1.80 bits per heavy atom. The average molecular weight is 525 g/mol. The first-order valence-corrected chi connectivity index (χ1v) is 9.61. The molecule has 9 nitrogen and oxygen atoms in total. The molecular weight excluding hydrogens is 497 g/mol. The van der Waals surface area contributed by atoms with Crippen LogP contribution in [0, 0.1) is 0 Å². The molecule has 0 aliphatic carbocycles. The Labute approximate surface area is 194 Å². The maximum absolute atomic E-state index is 12.2. The van der Waals surface area contributed by atoms with Crippen molar-refractivity contribution in [1.29, 1.82) is 0 Å². The summed E-state index contributed by atoms with van der Waals surface area (Å²) in [7, 11) is 3.35. The van der Waals surface area contributed by atoms with Gasteiger partial charge in [0.05, 0.1) is 7.11 Å². The van der Waals surface area contributed by atoms with Gasteiger partial charge in [0, 0.05) is 64.3 Å². The molecule has 1 fully saturated rings. The molecule has 2 heterocycles. The first-order valence-electron chi connectivity index (χ1n) is 9.61. The highest BCUT2D eigenvalue weighted by molar-refractivity contribution is 14.0. The number of anilines is 1. The van der Waals surface area contributed by atoms with Crippen molar-refractivity contribution >= 4 is 41.8 Å². The molecule has 1 aromatic heterocycles. The van der Waals surface area contributed by atoms with E-state index in [1.807, 2.05) is 12.1 Å². The fraction of sp³-hybridized carbons (Fsp3) is 0.400. The second kappa shape index (κ2) is 12.2. The van der Waals surface area contributed by atoms with Gasteiger partial charge in [-0.15, -0.1) is 24.0 Å². The van der Waals surface area contributed by atoms with Gasteiger partial charge in [0.2, 0.25) is 5.95 Å². The smallest absolute Gasteiger partial charge is 0.251 e. The molecule has 1 amide bonds. The third kappa shape index (κ3) is 6.44. The number of amides is 1. The van der Waals surface area contributed by atoms with Gasteiger partial charge in [0.15, 0.2) is 5.96 Å². The van der Waals surface area contributed by atoms with Gasteiger partial charge in [0.25, 0.3) is 5.91 Å². The van der Waals surface area contributed by atoms with Crippen LogP contribution in [0.5, 0.6) is 5.75 Å². The molecule has 1 aliphatic heterocycles. The van der Waals surface area contributed by atoms with Crippen LogP contribution in [-0.2, 0) is 0 Å². The van der Waals surface area contributed by atoms with Gasteiger partial charge in [-0.25, -0.2) is 9.97 Å². The van der Waals surface area contributed by atoms with Crippen LogP contribution in [-0.4, -0.2) is 80.2 Å². The van der Waals surface area contributed by atoms with Gasteiger partial charge in [-0.1, -0.05) is 6.07 Å². The molecule has 2 aromatic rings. The average Bonchev–Trinajstić information content (AvgIpc) is 2.80. The number of halogens is 1. The normalized spacial score (nSPS) is 14.0. The van der Waals surface area contributed by atoms with Crippen LogP contribution in [0.2, 0.25) is 0 Å². The Hall–Kier alpha value is -2.63. The van der Waals surface area contributed by atoms with Crippen LogP contribution in [0.15, 0.2) is 47.7 Å². The number of methoxy groups -OCH3 is 1. The van der Waals surface area contributed by atoms with Crippen LogP contribution in [0.1, 0.15) is 10.4 Å². The SMILES string of the molecule is CN=C(NCCNC(=O)c1cccc(OC)c1)N1CCN(c2ncccn2)CC1.I. The largest absolute Gasteiger partial charge is 0.497 e. The number of benzene rings is 1. The summed E-state index contributed by atoms with van der Waals surface area (Å²) in [5, 5.41) is 6.22. The van der Waals surface area contributed by atoms with Crippen LogP contribution in [0.3, 0.4) is 0 Å². The number of piperazine rings is 1. The van der Waals surface area contributed by atoms with Gasteiger partial charge in [0.1, 0.15) is 5.75 Å². The molecule has 1 saturated heterocycles. The van der Waals surface area contributed by atoms with E-state index in [9.17, 15) is 4.79 Å². The molecule has 30 heavy (non-hydrogen) atoms. The quantitative estimate of drug-likeness (QED) is 0.254. The molecule has 1 aliphatic rings. The maximum atomic E-state index is 12.2. The minimum Gasteiger partial charge on any atom is -0.497 e. The number of nitrogens with one attached hydrogen (secondary N) is 2. The molecule has 162 valence electrons. The highest BCUT2D eigenvalue weighted by atomic mass is 127. The fourth-order valence-corrected chi connectivity index (χ4v) is 3.12. The van der Waals surface area contributed by atoms with Crippen LogP contribution >= 0.6 is 24.0 Å². The molecule has 0 unspecified atom stereocenters. The number of ether oxygens (including phenoxy) is 1. The second-order valence-electron chi connectivity index (χ2n) is 6.48. The van der Waals surface area contributed by atoms with Gasteiger partial charge < -0.3 is 25.2 Å². The van der Waals surface area contributed by atoms with Crippen molar-refractivity contribution in [1.82, 2.24) is 25.5 Å². The number of aliphatic imine (C=N–C) groups is 1. The topological polar surface area (TPSA) is 95.0 Å². The van der Waals surface area contributed by atoms with Crippen molar-refractivity contribution in [2.24, 2.45) is 4.99 Å². The number of carbonyl (C=O) groups is 1. The molecule has 2 N–H and O–H groups in total. The van der Waals surface area contributed by atoms with Gasteiger partial charge in [-0.05, 0) is 24.3 Å². The lowest BCUT2D eigenvalue weighted by molar-refractivity contribution is 0.0954. The van der Waals surface area contributed by atoms with Crippen LogP contribution in [0.25, 0.3) is 0 Å². The van der Waals surface area contributed by atoms with E-state index in [0.717, 1.165) is 38.1 Å². The van der Waals surface area contributed by atoms with Crippen molar-refractivity contribution in [3.63, 3.8) is 0 Å². The van der Waals surface area contributed by atoms with Crippen molar-refractivity contribution in [3.8, 4) is 5.75 Å². The summed E-state index contributed by atoms with van der Waals surface area (Å²) in [4.78, 5) is 29.6. The first-order chi connectivity index (χ1) is 14.2. The molecule has 0 radical (unpaired) electrons. The molecule has 10 heteroatoms. The third-order valence-corrected chi connectivity index (χ3v) is 4.65. The summed E-state index contributed by atoms with van der Waals surface area (Å²) in [5.41, 5.74) is 0.577. The van der Waals surface area contributed by atoms with E-state index in [4.69, 9.17) is 4.74 Å². The predicted octanol–water partition coefficient (Wildman–Crippen LogP) is 1.23. The van der Waals surface area contributed by atoms with E-state index in [2.05, 4.69) is 35.4 Å². The fourth-order valence-electron chi connectivity index (χ4n) is 3.12. The summed E-state index contributed by atoms with van der Waals surface area (Å²) in [5.74, 6) is 2.12. The third-order valence-electron chi connectivity index (χ3n) is 4.65. The predicted molar refractivity (Wildman–Crippen MR) is 128 cm³/mol. The lowest BCUT2D eigenvalue weighted by Gasteiger charge is -2.36. The number of guanidine groups is 1. The molecule has 0 saturated carbocycles. The Kier molecular flexibility index (Phi) is 9.58. The first kappa shape index (κ1) is 23.6. The summed E-state index contributed by atoms with van der Waals surface area (Å²) in [6.45, 7) is 4.40. The van der Waals surface area contributed by atoms with E-state index < -0.39 is 0 Å². The number of hydrogen-bond donors (Lipinski definition) is 2. The summed E-state index contributed by atoms with van der Waals surface area (Å²) < 4.78 is 5.15. The van der Waals surface area contributed by atoms with E-state index >= 15 is 0 Å². The minimum absolute atomic E-state index is 0. The molecule has 0 bridgehead atoms. The van der Waals surface area contributed by atoms with Gasteiger partial charge in [-0.3, -0.25) is 9.79 Å². The monoisotopic (exact) mass is 525 g/mol. The van der Waals surface area contributed by atoms with Crippen molar-refractivity contribution in [2.45, 2.75) is 0 Å². The zero-order chi connectivity index (χ0) is 20.5. The lowest BCUT2D eigenvalue weighted by atomic mass is 10.2. The van der Waals surface area contributed by atoms with Gasteiger partial charge >= 0.3 is 0 Å². The molecule has 0 spiro atoms. The standard InChI is InChI=1S/C20H27N7O2.HI/c1-21-19(26-11-13-27(14-12-26)20-23-7-4-8-24-20)25-10-9-22-18(28)16-5-3-6-17(15-16)29-2;/h3-8,15H,9-14H2,1-2H3,(H,21,25)(H,22,28);1H. The lowest BCUT2D eigenvalue weighted by Crippen LogP contribution is -2.53. The maximum Gasteiger partial charge on any atom is 0.251 e. The minimum atomic E-state index is -0.128. The van der Waals surface area contributed by atoms with E-state index in [1.165, 1.54) is 0 Å². The van der Waals surface area contributed by atoms with Gasteiger partial charge in [-0.2, -0.15) is 0 Å². The number of rotatable bonds is 6. The highest BCUT2D eigenvalue weighted by Gasteiger charge is 2.20. The van der Waals surface area contributed by atoms with Crippen molar-refractivity contribution < 1.29 is 9.53 Å². The second-order valence-corrected chi connectivity index (χ2v) is 6.48. The number of nitrogens with zero attached hydrogens (tertiary/aromatic N) is 5. The molecule has 0 atom stereocenters. The van der Waals surface area contributed by atoms with E-state index in [0.29, 0.717) is 24.4 Å². The van der Waals surface area contributed by atoms with E-state index in [-0.39, 0.29) is 29.9 Å². The molecule has 3 rings (SSSR count). The summed E-state index contributed by atoms with van der Waals surface area (Å²) in [6.07, 6.45) is 3.52. The zero-order valence-corrected chi connectivity index (χ0v) is 19.6. The Bertz CT molecular complexity index is 827. The van der Waals surface area contributed by atoms with E-state index in [1.54, 1.807) is 44.8 Å². The summed E-state index contributed by atoms with van der Waals surface area (Å²) in [6, 6.07) is 8.91. The summed E-state index contributed by atoms with van der Waals surface area (Å²) >= 11 is 0. The number of aromatic nitrogens is 2. The van der Waals surface area contributed by atoms with Crippen LogP contribution in [0.4, 0.5) is 5.95 Å². The Morgan fingerprint density at radius 3 is 2.47 bits per heavy atom. The molecule has 1 aromatic carbocycles. The number of hydrogen-bond acceptors (Lipinski definition) is 6. The Balaban J connectivity index is 0.00000320. The van der Waals surface area contributed by atoms with Crippen molar-refractivity contribution in [3.05, 3.63) is 48.3 Å². The molecular formula is C20H28IN7O2. The van der Waals surface area contributed by atoms with Crippen LogP contribution < -0.4 is 20.3 Å². The highest BCUT2D eigenvalue weighted by Crippen LogP contribution is 2.12. The number of carbonyl (C=O) groups excluding carboxylic acids is 1.